The number of nitrogens with zero attached hydrogens (tertiary/aromatic N) is 1. The van der Waals surface area contributed by atoms with Crippen LogP contribution in [-0.4, -0.2) is 16.0 Å². The smallest absolute Gasteiger partial charge is 0.268 e. The fraction of sp³-hybridized carbons (Fsp3) is 0.0870. The summed E-state index contributed by atoms with van der Waals surface area (Å²) in [5.41, 5.74) is 1.59. The van der Waals surface area contributed by atoms with Crippen LogP contribution in [0.2, 0.25) is 10.0 Å². The van der Waals surface area contributed by atoms with Gasteiger partial charge in [0.1, 0.15) is 0 Å². The summed E-state index contributed by atoms with van der Waals surface area (Å²) in [5, 5.41) is 13.6. The predicted molar refractivity (Wildman–Crippen MR) is 115 cm³/mol. The van der Waals surface area contributed by atoms with Crippen molar-refractivity contribution in [2.24, 2.45) is 0 Å². The van der Waals surface area contributed by atoms with Crippen molar-refractivity contribution in [3.8, 4) is 0 Å². The summed E-state index contributed by atoms with van der Waals surface area (Å²) in [6.45, 7) is 0.233. The third-order valence-corrected chi connectivity index (χ3v) is 6.05. The molecule has 0 bridgehead atoms. The number of aromatic amines is 1. The first kappa shape index (κ1) is 18.3. The zero-order valence-electron chi connectivity index (χ0n) is 15.2. The van der Waals surface area contributed by atoms with Gasteiger partial charge in [-0.25, -0.2) is 0 Å². The second-order valence-corrected chi connectivity index (χ2v) is 7.95. The van der Waals surface area contributed by atoms with Gasteiger partial charge in [-0.05, 0) is 29.8 Å². The summed E-state index contributed by atoms with van der Waals surface area (Å²) in [5.74, 6) is -0.408. The number of carbonyl (C=O) groups excluding carboxylic acids is 1. The standard InChI is InChI=1S/C23H16Cl2N2O2/c24-15-10-9-14(19(25)11-15)13-27-21-8-4-2-6-17(21)23(29,22(27)28)18-12-26-20-7-3-1-5-16(18)20/h1-12,26,29H,13H2. The lowest BCUT2D eigenvalue weighted by molar-refractivity contribution is -0.132. The van der Waals surface area contributed by atoms with Crippen molar-refractivity contribution in [2.45, 2.75) is 12.1 Å². The Bertz CT molecular complexity index is 1270. The number of carbonyl (C=O) groups is 1. The number of aliphatic hydroxyl groups is 1. The number of para-hydroxylation sites is 2. The van der Waals surface area contributed by atoms with Crippen LogP contribution >= 0.6 is 23.2 Å². The largest absolute Gasteiger partial charge is 0.372 e. The fourth-order valence-electron chi connectivity index (χ4n) is 4.04. The van der Waals surface area contributed by atoms with Gasteiger partial charge < -0.3 is 15.0 Å². The van der Waals surface area contributed by atoms with E-state index in [0.29, 0.717) is 26.9 Å². The van der Waals surface area contributed by atoms with E-state index < -0.39 is 11.5 Å². The number of amides is 1. The van der Waals surface area contributed by atoms with Crippen molar-refractivity contribution in [3.63, 3.8) is 0 Å². The number of H-pyrrole nitrogens is 1. The molecule has 4 nitrogen and oxygen atoms in total. The maximum absolute atomic E-state index is 13.6. The third kappa shape index (κ3) is 2.68. The van der Waals surface area contributed by atoms with E-state index >= 15 is 0 Å². The highest BCUT2D eigenvalue weighted by atomic mass is 35.5. The molecular formula is C23H16Cl2N2O2. The van der Waals surface area contributed by atoms with Crippen molar-refractivity contribution in [1.29, 1.82) is 0 Å². The van der Waals surface area contributed by atoms with E-state index in [2.05, 4.69) is 4.98 Å². The normalized spacial score (nSPS) is 18.4. The van der Waals surface area contributed by atoms with Crippen molar-refractivity contribution >= 4 is 45.7 Å². The van der Waals surface area contributed by atoms with Gasteiger partial charge in [0.05, 0.1) is 12.2 Å². The number of anilines is 1. The molecule has 0 saturated carbocycles. The topological polar surface area (TPSA) is 56.3 Å². The molecule has 0 spiro atoms. The van der Waals surface area contributed by atoms with Crippen molar-refractivity contribution < 1.29 is 9.90 Å². The maximum Gasteiger partial charge on any atom is 0.268 e. The Morgan fingerprint density at radius 2 is 1.72 bits per heavy atom. The molecule has 0 radical (unpaired) electrons. The second-order valence-electron chi connectivity index (χ2n) is 7.10. The molecule has 4 aromatic rings. The van der Waals surface area contributed by atoms with Gasteiger partial charge in [0.15, 0.2) is 5.60 Å². The van der Waals surface area contributed by atoms with Crippen LogP contribution in [0.1, 0.15) is 16.7 Å². The first-order valence-electron chi connectivity index (χ1n) is 9.14. The highest BCUT2D eigenvalue weighted by molar-refractivity contribution is 6.35. The van der Waals surface area contributed by atoms with E-state index in [4.69, 9.17) is 23.2 Å². The van der Waals surface area contributed by atoms with E-state index in [0.717, 1.165) is 16.5 Å². The molecule has 1 aliphatic heterocycles. The number of hydrogen-bond acceptors (Lipinski definition) is 2. The molecule has 1 unspecified atom stereocenters. The quantitative estimate of drug-likeness (QED) is 0.473. The maximum atomic E-state index is 13.6. The van der Waals surface area contributed by atoms with Crippen LogP contribution in [-0.2, 0) is 16.9 Å². The molecular weight excluding hydrogens is 407 g/mol. The molecule has 0 fully saturated rings. The van der Waals surface area contributed by atoms with Crippen LogP contribution in [0.5, 0.6) is 0 Å². The summed E-state index contributed by atoms with van der Waals surface area (Å²) >= 11 is 12.3. The molecule has 1 aliphatic rings. The Morgan fingerprint density at radius 1 is 0.966 bits per heavy atom. The molecule has 3 aromatic carbocycles. The zero-order chi connectivity index (χ0) is 20.2. The van der Waals surface area contributed by atoms with Crippen molar-refractivity contribution in [1.82, 2.24) is 4.98 Å². The predicted octanol–water partition coefficient (Wildman–Crippen LogP) is 5.26. The van der Waals surface area contributed by atoms with E-state index in [1.165, 1.54) is 0 Å². The molecule has 6 heteroatoms. The first-order valence-corrected chi connectivity index (χ1v) is 9.90. The minimum absolute atomic E-state index is 0.233. The van der Waals surface area contributed by atoms with Gasteiger partial charge in [-0.15, -0.1) is 0 Å². The van der Waals surface area contributed by atoms with Gasteiger partial charge in [-0.1, -0.05) is 65.7 Å². The minimum atomic E-state index is -1.78. The Morgan fingerprint density at radius 3 is 2.55 bits per heavy atom. The summed E-state index contributed by atoms with van der Waals surface area (Å²) < 4.78 is 0. The molecule has 1 aromatic heterocycles. The van der Waals surface area contributed by atoms with Crippen LogP contribution in [0, 0.1) is 0 Å². The van der Waals surface area contributed by atoms with Crippen LogP contribution in [0.25, 0.3) is 10.9 Å². The lowest BCUT2D eigenvalue weighted by Gasteiger charge is -2.23. The van der Waals surface area contributed by atoms with Crippen molar-refractivity contribution in [2.75, 3.05) is 4.90 Å². The molecule has 5 rings (SSSR count). The number of benzene rings is 3. The minimum Gasteiger partial charge on any atom is -0.372 e. The zero-order valence-corrected chi connectivity index (χ0v) is 16.7. The van der Waals surface area contributed by atoms with Gasteiger partial charge in [0, 0.05) is 38.3 Å². The Labute approximate surface area is 177 Å². The molecule has 1 amide bonds. The highest BCUT2D eigenvalue weighted by Gasteiger charge is 2.52. The Balaban J connectivity index is 1.66. The number of aromatic nitrogens is 1. The lowest BCUT2D eigenvalue weighted by atomic mass is 9.87. The SMILES string of the molecule is O=C1N(Cc2ccc(Cl)cc2Cl)c2ccccc2C1(O)c1c[nH]c2ccccc12. The van der Waals surface area contributed by atoms with Gasteiger partial charge in [-0.3, -0.25) is 4.79 Å². The van der Waals surface area contributed by atoms with Gasteiger partial charge in [0.2, 0.25) is 0 Å². The van der Waals surface area contributed by atoms with Crippen LogP contribution in [0.3, 0.4) is 0 Å². The van der Waals surface area contributed by atoms with E-state index in [-0.39, 0.29) is 6.54 Å². The average molecular weight is 423 g/mol. The molecule has 144 valence electrons. The molecule has 0 saturated heterocycles. The molecule has 2 heterocycles. The highest BCUT2D eigenvalue weighted by Crippen LogP contribution is 2.47. The van der Waals surface area contributed by atoms with Crippen LogP contribution < -0.4 is 4.90 Å². The molecule has 2 N–H and O–H groups in total. The number of hydrogen-bond donors (Lipinski definition) is 2. The summed E-state index contributed by atoms with van der Waals surface area (Å²) in [6, 6.07) is 20.1. The van der Waals surface area contributed by atoms with E-state index in [1.807, 2.05) is 42.5 Å². The summed E-state index contributed by atoms with van der Waals surface area (Å²) in [7, 11) is 0. The molecule has 1 atom stereocenters. The second kappa shape index (κ2) is 6.63. The Hall–Kier alpha value is -2.79. The van der Waals surface area contributed by atoms with E-state index in [1.54, 1.807) is 35.4 Å². The Kier molecular flexibility index (Phi) is 4.17. The van der Waals surface area contributed by atoms with Crippen LogP contribution in [0.15, 0.2) is 72.9 Å². The number of nitrogens with one attached hydrogen (secondary N) is 1. The monoisotopic (exact) mass is 422 g/mol. The molecule has 29 heavy (non-hydrogen) atoms. The van der Waals surface area contributed by atoms with Crippen LogP contribution in [0.4, 0.5) is 5.69 Å². The molecule has 0 aliphatic carbocycles. The van der Waals surface area contributed by atoms with Crippen molar-refractivity contribution in [3.05, 3.63) is 99.7 Å². The number of rotatable bonds is 3. The summed E-state index contributed by atoms with van der Waals surface area (Å²) in [6.07, 6.45) is 1.71. The average Bonchev–Trinajstić information content (AvgIpc) is 3.25. The third-order valence-electron chi connectivity index (χ3n) is 5.46. The van der Waals surface area contributed by atoms with Gasteiger partial charge >= 0.3 is 0 Å². The number of fused-ring (bicyclic) bond motifs is 2. The summed E-state index contributed by atoms with van der Waals surface area (Å²) in [4.78, 5) is 18.3. The van der Waals surface area contributed by atoms with Gasteiger partial charge in [0.25, 0.3) is 5.91 Å². The fourth-order valence-corrected chi connectivity index (χ4v) is 4.51. The van der Waals surface area contributed by atoms with E-state index in [9.17, 15) is 9.90 Å². The number of halogens is 2. The van der Waals surface area contributed by atoms with Gasteiger partial charge in [-0.2, -0.15) is 0 Å². The lowest BCUT2D eigenvalue weighted by Crippen LogP contribution is -2.40. The first-order chi connectivity index (χ1) is 14.0.